The van der Waals surface area contributed by atoms with Crippen molar-refractivity contribution in [1.82, 2.24) is 10.6 Å². The molecule has 1 aliphatic carbocycles. The van der Waals surface area contributed by atoms with Crippen molar-refractivity contribution in [1.29, 1.82) is 0 Å². The van der Waals surface area contributed by atoms with Crippen molar-refractivity contribution < 1.29 is 4.79 Å². The first kappa shape index (κ1) is 16.1. The molecular formula is C13H25ClN2OS. The van der Waals surface area contributed by atoms with Gasteiger partial charge in [0.25, 0.3) is 0 Å². The first-order valence-electron chi connectivity index (χ1n) is 6.70. The molecule has 3 nitrogen and oxygen atoms in total. The van der Waals surface area contributed by atoms with E-state index in [-0.39, 0.29) is 18.3 Å². The average Bonchev–Trinajstić information content (AvgIpc) is 3.09. The zero-order chi connectivity index (χ0) is 12.3. The fraction of sp³-hybridized carbons (Fsp3) is 0.923. The molecule has 0 aromatic rings. The van der Waals surface area contributed by atoms with E-state index in [1.165, 1.54) is 18.6 Å². The van der Waals surface area contributed by atoms with Gasteiger partial charge in [-0.3, -0.25) is 4.79 Å². The topological polar surface area (TPSA) is 41.1 Å². The Kier molecular flexibility index (Phi) is 6.28. The molecule has 1 atom stereocenters. The van der Waals surface area contributed by atoms with Gasteiger partial charge in [0.1, 0.15) is 0 Å². The first-order valence-corrected chi connectivity index (χ1v) is 7.86. The molecule has 1 aliphatic heterocycles. The van der Waals surface area contributed by atoms with Gasteiger partial charge in [-0.25, -0.2) is 0 Å². The highest BCUT2D eigenvalue weighted by atomic mass is 35.5. The summed E-state index contributed by atoms with van der Waals surface area (Å²) >= 11 is 1.94. The molecule has 1 saturated heterocycles. The van der Waals surface area contributed by atoms with Crippen molar-refractivity contribution in [3.05, 3.63) is 0 Å². The van der Waals surface area contributed by atoms with Gasteiger partial charge in [-0.05, 0) is 24.2 Å². The summed E-state index contributed by atoms with van der Waals surface area (Å²) < 4.78 is 0. The SMILES string of the molecule is CC(C)C1(CNC(=O)CC2CSCCN2)CC1.Cl. The van der Waals surface area contributed by atoms with Crippen molar-refractivity contribution in [2.24, 2.45) is 11.3 Å². The summed E-state index contributed by atoms with van der Waals surface area (Å²) in [5.74, 6) is 3.15. The molecule has 18 heavy (non-hydrogen) atoms. The fourth-order valence-electron chi connectivity index (χ4n) is 2.44. The van der Waals surface area contributed by atoms with Gasteiger partial charge in [-0.2, -0.15) is 11.8 Å². The van der Waals surface area contributed by atoms with Crippen LogP contribution in [0.5, 0.6) is 0 Å². The summed E-state index contributed by atoms with van der Waals surface area (Å²) in [5, 5.41) is 6.53. The zero-order valence-corrected chi connectivity index (χ0v) is 13.0. The third-order valence-electron chi connectivity index (χ3n) is 4.18. The van der Waals surface area contributed by atoms with Crippen LogP contribution in [0.4, 0.5) is 0 Å². The zero-order valence-electron chi connectivity index (χ0n) is 11.3. The summed E-state index contributed by atoms with van der Waals surface area (Å²) in [6, 6.07) is 0.378. The van der Waals surface area contributed by atoms with Crippen LogP contribution in [0.15, 0.2) is 0 Å². The summed E-state index contributed by atoms with van der Waals surface area (Å²) in [5.41, 5.74) is 0.421. The Morgan fingerprint density at radius 2 is 2.22 bits per heavy atom. The van der Waals surface area contributed by atoms with Crippen molar-refractivity contribution in [3.8, 4) is 0 Å². The second-order valence-corrected chi connectivity index (χ2v) is 6.87. The minimum Gasteiger partial charge on any atom is -0.355 e. The standard InChI is InChI=1S/C13H24N2OS.ClH/c1-10(2)13(3-4-13)9-15-12(16)7-11-8-17-6-5-14-11;/h10-11,14H,3-9H2,1-2H3,(H,15,16);1H. The number of halogens is 1. The Labute approximate surface area is 121 Å². The maximum atomic E-state index is 11.8. The highest BCUT2D eigenvalue weighted by molar-refractivity contribution is 7.99. The number of hydrogen-bond donors (Lipinski definition) is 2. The molecule has 1 amide bonds. The summed E-state index contributed by atoms with van der Waals surface area (Å²) in [6.45, 7) is 6.44. The van der Waals surface area contributed by atoms with Gasteiger partial charge in [0, 0.05) is 37.1 Å². The normalized spacial score (nSPS) is 25.4. The predicted octanol–water partition coefficient (Wildman–Crippen LogP) is 2.06. The molecule has 0 spiro atoms. The molecular weight excluding hydrogens is 268 g/mol. The third kappa shape index (κ3) is 4.32. The number of hydrogen-bond acceptors (Lipinski definition) is 3. The molecule has 0 radical (unpaired) electrons. The minimum absolute atomic E-state index is 0. The van der Waals surface area contributed by atoms with Gasteiger partial charge in [0.05, 0.1) is 0 Å². The molecule has 2 N–H and O–H groups in total. The molecule has 5 heteroatoms. The second-order valence-electron chi connectivity index (χ2n) is 5.72. The van der Waals surface area contributed by atoms with E-state index in [0.717, 1.165) is 18.8 Å². The number of carbonyl (C=O) groups is 1. The Balaban J connectivity index is 0.00000162. The maximum Gasteiger partial charge on any atom is 0.221 e. The highest BCUT2D eigenvalue weighted by Gasteiger charge is 2.45. The van der Waals surface area contributed by atoms with Gasteiger partial charge >= 0.3 is 0 Å². The molecule has 106 valence electrons. The third-order valence-corrected chi connectivity index (χ3v) is 5.32. The molecule has 0 aromatic heterocycles. The van der Waals surface area contributed by atoms with Gasteiger partial charge in [-0.15, -0.1) is 12.4 Å². The second kappa shape index (κ2) is 7.01. The van der Waals surface area contributed by atoms with E-state index >= 15 is 0 Å². The Morgan fingerprint density at radius 1 is 1.50 bits per heavy atom. The van der Waals surface area contributed by atoms with Crippen LogP contribution < -0.4 is 10.6 Å². The lowest BCUT2D eigenvalue weighted by atomic mass is 9.92. The first-order chi connectivity index (χ1) is 8.12. The Bertz CT molecular complexity index is 276. The number of carbonyl (C=O) groups excluding carboxylic acids is 1. The molecule has 2 fully saturated rings. The lowest BCUT2D eigenvalue weighted by Crippen LogP contribution is -2.42. The van der Waals surface area contributed by atoms with E-state index in [9.17, 15) is 4.79 Å². The van der Waals surface area contributed by atoms with Crippen molar-refractivity contribution in [2.45, 2.75) is 39.2 Å². The largest absolute Gasteiger partial charge is 0.355 e. The monoisotopic (exact) mass is 292 g/mol. The quantitative estimate of drug-likeness (QED) is 0.815. The lowest BCUT2D eigenvalue weighted by molar-refractivity contribution is -0.121. The summed E-state index contributed by atoms with van der Waals surface area (Å²) in [4.78, 5) is 11.8. The molecule has 2 aliphatic rings. The number of nitrogens with one attached hydrogen (secondary N) is 2. The molecule has 0 aromatic carbocycles. The van der Waals surface area contributed by atoms with Crippen LogP contribution in [0.3, 0.4) is 0 Å². The van der Waals surface area contributed by atoms with Crippen molar-refractivity contribution in [3.63, 3.8) is 0 Å². The van der Waals surface area contributed by atoms with E-state index in [1.54, 1.807) is 0 Å². The fourth-order valence-corrected chi connectivity index (χ4v) is 3.39. The average molecular weight is 293 g/mol. The van der Waals surface area contributed by atoms with Gasteiger partial charge in [-0.1, -0.05) is 13.8 Å². The van der Waals surface area contributed by atoms with Crippen LogP contribution in [0.1, 0.15) is 33.1 Å². The van der Waals surface area contributed by atoms with Crippen LogP contribution in [0.2, 0.25) is 0 Å². The van der Waals surface area contributed by atoms with E-state index in [0.29, 0.717) is 23.8 Å². The van der Waals surface area contributed by atoms with Crippen LogP contribution >= 0.6 is 24.2 Å². The molecule has 1 unspecified atom stereocenters. The highest BCUT2D eigenvalue weighted by Crippen LogP contribution is 2.51. The molecule has 2 rings (SSSR count). The number of thioether (sulfide) groups is 1. The number of amides is 1. The van der Waals surface area contributed by atoms with Gasteiger partial charge in [0.15, 0.2) is 0 Å². The van der Waals surface area contributed by atoms with Crippen molar-refractivity contribution in [2.75, 3.05) is 24.6 Å². The predicted molar refractivity (Wildman–Crippen MR) is 80.5 cm³/mol. The van der Waals surface area contributed by atoms with E-state index < -0.39 is 0 Å². The Morgan fingerprint density at radius 3 is 2.72 bits per heavy atom. The van der Waals surface area contributed by atoms with Crippen LogP contribution in [-0.2, 0) is 4.79 Å². The summed E-state index contributed by atoms with van der Waals surface area (Å²) in [7, 11) is 0. The van der Waals surface area contributed by atoms with Crippen LogP contribution in [0, 0.1) is 11.3 Å². The van der Waals surface area contributed by atoms with E-state index in [1.807, 2.05) is 11.8 Å². The maximum absolute atomic E-state index is 11.8. The van der Waals surface area contributed by atoms with E-state index in [2.05, 4.69) is 24.5 Å². The van der Waals surface area contributed by atoms with Crippen molar-refractivity contribution >= 4 is 30.1 Å². The molecule has 1 heterocycles. The Hall–Kier alpha value is 0.0700. The lowest BCUT2D eigenvalue weighted by Gasteiger charge is -2.24. The smallest absolute Gasteiger partial charge is 0.221 e. The molecule has 0 bridgehead atoms. The molecule has 1 saturated carbocycles. The van der Waals surface area contributed by atoms with E-state index in [4.69, 9.17) is 0 Å². The van der Waals surface area contributed by atoms with Crippen LogP contribution in [-0.4, -0.2) is 36.5 Å². The minimum atomic E-state index is 0. The summed E-state index contributed by atoms with van der Waals surface area (Å²) in [6.07, 6.45) is 3.20. The van der Waals surface area contributed by atoms with Gasteiger partial charge < -0.3 is 10.6 Å². The van der Waals surface area contributed by atoms with Crippen LogP contribution in [0.25, 0.3) is 0 Å². The number of rotatable bonds is 5. The van der Waals surface area contributed by atoms with Gasteiger partial charge in [0.2, 0.25) is 5.91 Å².